The van der Waals surface area contributed by atoms with E-state index in [0.29, 0.717) is 0 Å². The first-order valence-corrected chi connectivity index (χ1v) is 4.18. The van der Waals surface area contributed by atoms with Crippen LogP contribution in [0.5, 0.6) is 0 Å². The topological polar surface area (TPSA) is 35.5 Å². The summed E-state index contributed by atoms with van der Waals surface area (Å²) in [4.78, 5) is 10.4. The summed E-state index contributed by atoms with van der Waals surface area (Å²) < 4.78 is 9.81. The highest BCUT2D eigenvalue weighted by Crippen LogP contribution is 1.97. The van der Waals surface area contributed by atoms with Crippen molar-refractivity contribution in [3.05, 3.63) is 24.2 Å². The van der Waals surface area contributed by atoms with E-state index in [-0.39, 0.29) is 12.1 Å². The van der Waals surface area contributed by atoms with Crippen molar-refractivity contribution in [3.8, 4) is 0 Å². The average Bonchev–Trinajstić information content (AvgIpc) is 2.00. The number of carbonyl (C=O) groups excluding carboxylic acids is 1. The van der Waals surface area contributed by atoms with Gasteiger partial charge in [0, 0.05) is 6.92 Å². The van der Waals surface area contributed by atoms with E-state index in [0.717, 1.165) is 5.57 Å². The monoisotopic (exact) mass is 184 g/mol. The molecule has 0 aromatic rings. The molecule has 0 aromatic heterocycles. The van der Waals surface area contributed by atoms with Gasteiger partial charge >= 0.3 is 5.97 Å². The molecule has 0 heterocycles. The molecule has 0 aromatic carbocycles. The van der Waals surface area contributed by atoms with Crippen LogP contribution in [0.25, 0.3) is 0 Å². The molecule has 3 nitrogen and oxygen atoms in total. The van der Waals surface area contributed by atoms with Crippen LogP contribution in [0.3, 0.4) is 0 Å². The molecule has 0 aliphatic heterocycles. The van der Waals surface area contributed by atoms with Crippen molar-refractivity contribution in [2.24, 2.45) is 0 Å². The zero-order valence-electron chi connectivity index (χ0n) is 8.53. The molecule has 0 spiro atoms. The van der Waals surface area contributed by atoms with Crippen molar-refractivity contribution in [2.75, 3.05) is 0 Å². The summed E-state index contributed by atoms with van der Waals surface area (Å²) in [5.74, 6) is -0.322. The highest BCUT2D eigenvalue weighted by molar-refractivity contribution is 5.66. The van der Waals surface area contributed by atoms with Crippen LogP contribution in [-0.4, -0.2) is 12.1 Å². The summed E-state index contributed by atoms with van der Waals surface area (Å²) in [5.41, 5.74) is 0.829. The predicted molar refractivity (Wildman–Crippen MR) is 50.9 cm³/mol. The molecule has 3 heteroatoms. The minimum atomic E-state index is -0.322. The molecule has 0 unspecified atom stereocenters. The Bertz CT molecular complexity index is 214. The van der Waals surface area contributed by atoms with Crippen LogP contribution in [0, 0.1) is 0 Å². The maximum absolute atomic E-state index is 10.4. The first-order valence-electron chi connectivity index (χ1n) is 4.18. The lowest BCUT2D eigenvalue weighted by Gasteiger charge is -2.02. The Labute approximate surface area is 79.0 Å². The van der Waals surface area contributed by atoms with Gasteiger partial charge in [0.05, 0.1) is 18.6 Å². The van der Waals surface area contributed by atoms with Gasteiger partial charge in [-0.3, -0.25) is 4.79 Å². The molecule has 0 saturated heterocycles. The SMILES string of the molecule is CC(=O)O/C=C(C)/C=C/OC(C)C. The van der Waals surface area contributed by atoms with Crippen LogP contribution in [-0.2, 0) is 14.3 Å². The second kappa shape index (κ2) is 6.29. The standard InChI is InChI=1S/C10H16O3/c1-8(2)12-6-5-9(3)7-13-10(4)11/h5-8H,1-4H3/b6-5+,9-7+. The Morgan fingerprint density at radius 2 is 1.92 bits per heavy atom. The molecule has 13 heavy (non-hydrogen) atoms. The molecule has 0 bridgehead atoms. The molecule has 0 N–H and O–H groups in total. The van der Waals surface area contributed by atoms with E-state index >= 15 is 0 Å². The van der Waals surface area contributed by atoms with E-state index in [1.165, 1.54) is 13.2 Å². The van der Waals surface area contributed by atoms with E-state index in [1.54, 1.807) is 12.3 Å². The summed E-state index contributed by atoms with van der Waals surface area (Å²) in [7, 11) is 0. The molecule has 0 rings (SSSR count). The Morgan fingerprint density at radius 1 is 1.31 bits per heavy atom. The van der Waals surface area contributed by atoms with Gasteiger partial charge in [0.1, 0.15) is 0 Å². The third kappa shape index (κ3) is 8.66. The molecule has 0 radical (unpaired) electrons. The van der Waals surface area contributed by atoms with Gasteiger partial charge in [-0.15, -0.1) is 0 Å². The maximum atomic E-state index is 10.4. The van der Waals surface area contributed by atoms with E-state index in [1.807, 2.05) is 20.8 Å². The fourth-order valence-corrected chi connectivity index (χ4v) is 0.519. The Balaban J connectivity index is 3.84. The lowest BCUT2D eigenvalue weighted by atomic mass is 10.3. The Hall–Kier alpha value is -1.25. The maximum Gasteiger partial charge on any atom is 0.307 e. The van der Waals surface area contributed by atoms with Crippen LogP contribution >= 0.6 is 0 Å². The fraction of sp³-hybridized carbons (Fsp3) is 0.500. The second-order valence-corrected chi connectivity index (χ2v) is 2.96. The lowest BCUT2D eigenvalue weighted by Crippen LogP contribution is -1.95. The molecular weight excluding hydrogens is 168 g/mol. The highest BCUT2D eigenvalue weighted by Gasteiger charge is 1.89. The number of esters is 1. The van der Waals surface area contributed by atoms with Crippen molar-refractivity contribution in [1.29, 1.82) is 0 Å². The summed E-state index contributed by atoms with van der Waals surface area (Å²) in [6, 6.07) is 0. The van der Waals surface area contributed by atoms with E-state index < -0.39 is 0 Å². The van der Waals surface area contributed by atoms with E-state index in [4.69, 9.17) is 4.74 Å². The van der Waals surface area contributed by atoms with Crippen LogP contribution in [0.4, 0.5) is 0 Å². The van der Waals surface area contributed by atoms with Gasteiger partial charge in [-0.2, -0.15) is 0 Å². The highest BCUT2D eigenvalue weighted by atomic mass is 16.5. The summed E-state index contributed by atoms with van der Waals surface area (Å²) in [5, 5.41) is 0. The quantitative estimate of drug-likeness (QED) is 0.382. The minimum Gasteiger partial charge on any atom is -0.499 e. The number of ether oxygens (including phenoxy) is 2. The van der Waals surface area contributed by atoms with Crippen LogP contribution in [0.1, 0.15) is 27.7 Å². The van der Waals surface area contributed by atoms with Crippen molar-refractivity contribution >= 4 is 5.97 Å². The van der Waals surface area contributed by atoms with Gasteiger partial charge < -0.3 is 9.47 Å². The van der Waals surface area contributed by atoms with Crippen molar-refractivity contribution < 1.29 is 14.3 Å². The molecule has 74 valence electrons. The average molecular weight is 184 g/mol. The van der Waals surface area contributed by atoms with Crippen LogP contribution in [0.15, 0.2) is 24.2 Å². The molecule has 0 aliphatic rings. The smallest absolute Gasteiger partial charge is 0.307 e. The van der Waals surface area contributed by atoms with Gasteiger partial charge in [0.15, 0.2) is 0 Å². The summed E-state index contributed by atoms with van der Waals surface area (Å²) >= 11 is 0. The van der Waals surface area contributed by atoms with Crippen molar-refractivity contribution in [2.45, 2.75) is 33.8 Å². The molecule has 0 aliphatic carbocycles. The number of hydrogen-bond acceptors (Lipinski definition) is 3. The van der Waals surface area contributed by atoms with Gasteiger partial charge in [0.25, 0.3) is 0 Å². The lowest BCUT2D eigenvalue weighted by molar-refractivity contribution is -0.135. The largest absolute Gasteiger partial charge is 0.499 e. The Kier molecular flexibility index (Phi) is 5.68. The molecule has 0 saturated carbocycles. The van der Waals surface area contributed by atoms with E-state index in [2.05, 4.69) is 4.74 Å². The fourth-order valence-electron chi connectivity index (χ4n) is 0.519. The van der Waals surface area contributed by atoms with Crippen LogP contribution in [0.2, 0.25) is 0 Å². The second-order valence-electron chi connectivity index (χ2n) is 2.96. The van der Waals surface area contributed by atoms with Gasteiger partial charge in [-0.25, -0.2) is 0 Å². The zero-order valence-corrected chi connectivity index (χ0v) is 8.53. The normalized spacial score (nSPS) is 12.2. The van der Waals surface area contributed by atoms with Crippen molar-refractivity contribution in [1.82, 2.24) is 0 Å². The van der Waals surface area contributed by atoms with E-state index in [9.17, 15) is 4.79 Å². The molecular formula is C10H16O3. The summed E-state index contributed by atoms with van der Waals surface area (Å²) in [6.07, 6.45) is 4.88. The Morgan fingerprint density at radius 3 is 2.38 bits per heavy atom. The first-order chi connectivity index (χ1) is 6.02. The van der Waals surface area contributed by atoms with Crippen LogP contribution < -0.4 is 0 Å². The third-order valence-electron chi connectivity index (χ3n) is 1.09. The first kappa shape index (κ1) is 11.8. The molecule has 0 amide bonds. The van der Waals surface area contributed by atoms with Crippen molar-refractivity contribution in [3.63, 3.8) is 0 Å². The number of rotatable bonds is 4. The number of hydrogen-bond donors (Lipinski definition) is 0. The van der Waals surface area contributed by atoms with Gasteiger partial charge in [-0.1, -0.05) is 0 Å². The minimum absolute atomic E-state index is 0.165. The number of carbonyl (C=O) groups is 1. The number of allylic oxidation sites excluding steroid dienone is 2. The summed E-state index contributed by atoms with van der Waals surface area (Å²) in [6.45, 7) is 7.06. The van der Waals surface area contributed by atoms with Gasteiger partial charge in [0.2, 0.25) is 0 Å². The third-order valence-corrected chi connectivity index (χ3v) is 1.09. The molecule has 0 atom stereocenters. The van der Waals surface area contributed by atoms with Gasteiger partial charge in [-0.05, 0) is 32.4 Å². The molecule has 0 fully saturated rings. The zero-order chi connectivity index (χ0) is 10.3. The predicted octanol–water partition coefficient (Wildman–Crippen LogP) is 2.39.